The molecule has 0 saturated carbocycles. The summed E-state index contributed by atoms with van der Waals surface area (Å²) < 4.78 is 1.09. The van der Waals surface area contributed by atoms with Crippen molar-refractivity contribution >= 4 is 32.3 Å². The van der Waals surface area contributed by atoms with Crippen molar-refractivity contribution in [1.29, 1.82) is 0 Å². The molecule has 0 aliphatic carbocycles. The number of thiazole rings is 1. The second-order valence-electron chi connectivity index (χ2n) is 3.19. The Labute approximate surface area is 101 Å². The highest BCUT2D eigenvalue weighted by molar-refractivity contribution is 9.10. The molecule has 1 N–H and O–H groups in total. The monoisotopic (exact) mass is 282 g/mol. The lowest BCUT2D eigenvalue weighted by Gasteiger charge is -1.95. The molecule has 2 aromatic rings. The average molecular weight is 283 g/mol. The summed E-state index contributed by atoms with van der Waals surface area (Å²) in [6.07, 6.45) is 0. The third-order valence-electron chi connectivity index (χ3n) is 2.11. The lowest BCUT2D eigenvalue weighted by atomic mass is 10.2. The van der Waals surface area contributed by atoms with Gasteiger partial charge in [-0.15, -0.1) is 0 Å². The highest BCUT2D eigenvalue weighted by Crippen LogP contribution is 2.31. The van der Waals surface area contributed by atoms with Gasteiger partial charge in [-0.05, 0) is 19.1 Å². The number of hydrogen-bond acceptors (Lipinski definition) is 3. The summed E-state index contributed by atoms with van der Waals surface area (Å²) in [6.45, 7) is 2.02. The Morgan fingerprint density at radius 3 is 2.47 bits per heavy atom. The van der Waals surface area contributed by atoms with Gasteiger partial charge in [-0.1, -0.05) is 39.4 Å². The molecular formula is C11H11BrN2S. The fourth-order valence-electron chi connectivity index (χ4n) is 1.34. The summed E-state index contributed by atoms with van der Waals surface area (Å²) in [4.78, 5) is 4.52. The van der Waals surface area contributed by atoms with Crippen molar-refractivity contribution in [2.45, 2.75) is 6.92 Å². The van der Waals surface area contributed by atoms with Crippen LogP contribution in [0.25, 0.3) is 10.6 Å². The van der Waals surface area contributed by atoms with E-state index < -0.39 is 0 Å². The zero-order chi connectivity index (χ0) is 10.8. The Morgan fingerprint density at radius 1 is 1.27 bits per heavy atom. The van der Waals surface area contributed by atoms with Crippen LogP contribution in [0.2, 0.25) is 0 Å². The van der Waals surface area contributed by atoms with Gasteiger partial charge in [0.2, 0.25) is 0 Å². The summed E-state index contributed by atoms with van der Waals surface area (Å²) in [6, 6.07) is 8.21. The van der Waals surface area contributed by atoms with E-state index >= 15 is 0 Å². The summed E-state index contributed by atoms with van der Waals surface area (Å²) in [5.41, 5.74) is 2.22. The molecule has 0 aliphatic heterocycles. The fraction of sp³-hybridized carbons (Fsp3) is 0.182. The van der Waals surface area contributed by atoms with Crippen LogP contribution in [0.1, 0.15) is 5.69 Å². The highest BCUT2D eigenvalue weighted by Gasteiger charge is 2.07. The van der Waals surface area contributed by atoms with Gasteiger partial charge < -0.3 is 5.32 Å². The molecule has 15 heavy (non-hydrogen) atoms. The molecule has 2 rings (SSSR count). The molecule has 0 bridgehead atoms. The third kappa shape index (κ3) is 2.21. The first-order chi connectivity index (χ1) is 7.20. The molecule has 1 aromatic carbocycles. The maximum atomic E-state index is 4.52. The number of nitrogens with one attached hydrogen (secondary N) is 1. The van der Waals surface area contributed by atoms with E-state index in [1.54, 1.807) is 11.3 Å². The maximum absolute atomic E-state index is 4.52. The van der Waals surface area contributed by atoms with E-state index in [2.05, 4.69) is 38.4 Å². The molecule has 0 aliphatic rings. The zero-order valence-electron chi connectivity index (χ0n) is 8.54. The van der Waals surface area contributed by atoms with Gasteiger partial charge in [-0.2, -0.15) is 0 Å². The van der Waals surface area contributed by atoms with Crippen LogP contribution in [0.15, 0.2) is 28.7 Å². The van der Waals surface area contributed by atoms with Crippen molar-refractivity contribution in [1.82, 2.24) is 4.98 Å². The zero-order valence-corrected chi connectivity index (χ0v) is 10.9. The van der Waals surface area contributed by atoms with Gasteiger partial charge in [0.1, 0.15) is 10.0 Å². The van der Waals surface area contributed by atoms with Crippen LogP contribution in [0, 0.1) is 6.92 Å². The molecule has 4 heteroatoms. The van der Waals surface area contributed by atoms with Gasteiger partial charge in [0.25, 0.3) is 0 Å². The number of nitrogens with zero attached hydrogens (tertiary/aromatic N) is 1. The largest absolute Gasteiger partial charge is 0.378 e. The minimum Gasteiger partial charge on any atom is -0.378 e. The van der Waals surface area contributed by atoms with Crippen molar-refractivity contribution in [2.24, 2.45) is 0 Å². The summed E-state index contributed by atoms with van der Waals surface area (Å²) in [5, 5.41) is 5.34. The Kier molecular flexibility index (Phi) is 3.07. The Morgan fingerprint density at radius 2 is 1.93 bits per heavy atom. The number of hydrogen-bond donors (Lipinski definition) is 1. The minimum atomic E-state index is 1.06. The Bertz CT molecular complexity index is 462. The van der Waals surface area contributed by atoms with Crippen LogP contribution in [0.3, 0.4) is 0 Å². The number of aromatic nitrogens is 1. The van der Waals surface area contributed by atoms with Gasteiger partial charge in [-0.3, -0.25) is 0 Å². The molecule has 0 fully saturated rings. The van der Waals surface area contributed by atoms with Crippen molar-refractivity contribution in [3.63, 3.8) is 0 Å². The van der Waals surface area contributed by atoms with Crippen LogP contribution in [-0.2, 0) is 0 Å². The number of benzene rings is 1. The van der Waals surface area contributed by atoms with Crippen molar-refractivity contribution in [3.8, 4) is 10.6 Å². The number of aryl methyl sites for hydroxylation is 1. The van der Waals surface area contributed by atoms with E-state index in [9.17, 15) is 0 Å². The van der Waals surface area contributed by atoms with Gasteiger partial charge in [0.15, 0.2) is 0 Å². The van der Waals surface area contributed by atoms with Crippen LogP contribution in [-0.4, -0.2) is 12.0 Å². The smallest absolute Gasteiger partial charge is 0.125 e. The topological polar surface area (TPSA) is 24.9 Å². The van der Waals surface area contributed by atoms with Gasteiger partial charge in [0.05, 0.1) is 5.69 Å². The molecule has 0 spiro atoms. The van der Waals surface area contributed by atoms with Gasteiger partial charge in [0, 0.05) is 17.1 Å². The summed E-state index contributed by atoms with van der Waals surface area (Å²) >= 11 is 5.10. The van der Waals surface area contributed by atoms with E-state index in [0.29, 0.717) is 0 Å². The predicted octanol–water partition coefficient (Wildman–Crippen LogP) is 3.92. The molecule has 78 valence electrons. The lowest BCUT2D eigenvalue weighted by Crippen LogP contribution is -1.85. The fourth-order valence-corrected chi connectivity index (χ4v) is 2.53. The Hall–Kier alpha value is -0.870. The molecule has 0 radical (unpaired) electrons. The van der Waals surface area contributed by atoms with Gasteiger partial charge >= 0.3 is 0 Å². The van der Waals surface area contributed by atoms with E-state index in [1.807, 2.05) is 26.1 Å². The normalized spacial score (nSPS) is 10.3. The molecule has 0 atom stereocenters. The molecule has 1 heterocycles. The van der Waals surface area contributed by atoms with E-state index in [4.69, 9.17) is 0 Å². The van der Waals surface area contributed by atoms with Crippen LogP contribution >= 0.6 is 27.3 Å². The van der Waals surface area contributed by atoms with Crippen LogP contribution < -0.4 is 5.32 Å². The second-order valence-corrected chi connectivity index (χ2v) is 5.11. The summed E-state index contributed by atoms with van der Waals surface area (Å²) in [7, 11) is 1.92. The SMILES string of the molecule is CNc1sc(-c2ccc(Br)cc2)nc1C. The minimum absolute atomic E-state index is 1.06. The molecule has 0 amide bonds. The van der Waals surface area contributed by atoms with Gasteiger partial charge in [-0.25, -0.2) is 4.98 Å². The highest BCUT2D eigenvalue weighted by atomic mass is 79.9. The first kappa shape index (κ1) is 10.6. The summed E-state index contributed by atoms with van der Waals surface area (Å²) in [5.74, 6) is 0. The standard InChI is InChI=1S/C11H11BrN2S/c1-7-10(13-2)15-11(14-7)8-3-5-9(12)6-4-8/h3-6,13H,1-2H3. The Balaban J connectivity index is 2.41. The quantitative estimate of drug-likeness (QED) is 0.903. The van der Waals surface area contributed by atoms with E-state index in [-0.39, 0.29) is 0 Å². The lowest BCUT2D eigenvalue weighted by molar-refractivity contribution is 1.26. The first-order valence-corrected chi connectivity index (χ1v) is 6.23. The third-order valence-corrected chi connectivity index (χ3v) is 3.87. The number of anilines is 1. The predicted molar refractivity (Wildman–Crippen MR) is 69.5 cm³/mol. The first-order valence-electron chi connectivity index (χ1n) is 4.62. The van der Waals surface area contributed by atoms with Crippen molar-refractivity contribution in [2.75, 3.05) is 12.4 Å². The number of halogens is 1. The van der Waals surface area contributed by atoms with E-state index in [1.165, 1.54) is 0 Å². The number of rotatable bonds is 2. The second kappa shape index (κ2) is 4.33. The van der Waals surface area contributed by atoms with Crippen LogP contribution in [0.4, 0.5) is 5.00 Å². The molecular weight excluding hydrogens is 272 g/mol. The molecule has 0 saturated heterocycles. The molecule has 0 unspecified atom stereocenters. The van der Waals surface area contributed by atoms with E-state index in [0.717, 1.165) is 25.7 Å². The van der Waals surface area contributed by atoms with Crippen molar-refractivity contribution in [3.05, 3.63) is 34.4 Å². The molecule has 1 aromatic heterocycles. The van der Waals surface area contributed by atoms with Crippen molar-refractivity contribution < 1.29 is 0 Å². The van der Waals surface area contributed by atoms with Crippen LogP contribution in [0.5, 0.6) is 0 Å². The molecule has 2 nitrogen and oxygen atoms in total. The average Bonchev–Trinajstić information content (AvgIpc) is 2.61. The maximum Gasteiger partial charge on any atom is 0.125 e.